The van der Waals surface area contributed by atoms with E-state index in [4.69, 9.17) is 4.74 Å². The number of thiophene rings is 1. The summed E-state index contributed by atoms with van der Waals surface area (Å²) < 4.78 is 5.20. The van der Waals surface area contributed by atoms with Crippen LogP contribution >= 0.6 is 11.3 Å². The second-order valence-electron chi connectivity index (χ2n) is 6.54. The Kier molecular flexibility index (Phi) is 5.62. The number of methoxy groups -OCH3 is 1. The Labute approximate surface area is 162 Å². The summed E-state index contributed by atoms with van der Waals surface area (Å²) in [4.78, 5) is 29.8. The van der Waals surface area contributed by atoms with Gasteiger partial charge in [0.25, 0.3) is 11.7 Å². The van der Waals surface area contributed by atoms with E-state index >= 15 is 0 Å². The summed E-state index contributed by atoms with van der Waals surface area (Å²) in [6.45, 7) is 1.02. The van der Waals surface area contributed by atoms with Gasteiger partial charge in [0.2, 0.25) is 0 Å². The SMILES string of the molecule is COc1cccc(C(O)=C2C(=O)C(=O)N(CCN(C)C)[C@@H]2c2cccs2)c1. The van der Waals surface area contributed by atoms with E-state index in [9.17, 15) is 14.7 Å². The van der Waals surface area contributed by atoms with Crippen LogP contribution in [0.25, 0.3) is 5.76 Å². The third-order valence-electron chi connectivity index (χ3n) is 4.48. The summed E-state index contributed by atoms with van der Waals surface area (Å²) >= 11 is 1.46. The summed E-state index contributed by atoms with van der Waals surface area (Å²) in [7, 11) is 5.35. The van der Waals surface area contributed by atoms with Gasteiger partial charge in [0.1, 0.15) is 11.5 Å². The van der Waals surface area contributed by atoms with Gasteiger partial charge in [-0.3, -0.25) is 9.59 Å². The fourth-order valence-electron chi connectivity index (χ4n) is 3.09. The maximum atomic E-state index is 12.8. The average molecular weight is 386 g/mol. The van der Waals surface area contributed by atoms with E-state index in [-0.39, 0.29) is 11.3 Å². The van der Waals surface area contributed by atoms with E-state index in [1.54, 1.807) is 29.2 Å². The highest BCUT2D eigenvalue weighted by Gasteiger charge is 2.46. The molecular formula is C20H22N2O4S. The minimum atomic E-state index is -0.660. The number of aliphatic hydroxyl groups is 1. The Morgan fingerprint density at radius 2 is 2.04 bits per heavy atom. The number of nitrogens with zero attached hydrogens (tertiary/aromatic N) is 2. The highest BCUT2D eigenvalue weighted by Crippen LogP contribution is 2.41. The Morgan fingerprint density at radius 3 is 2.67 bits per heavy atom. The predicted molar refractivity (Wildman–Crippen MR) is 105 cm³/mol. The molecule has 0 aliphatic carbocycles. The number of likely N-dealkylation sites (tertiary alicyclic amines) is 1. The van der Waals surface area contributed by atoms with Crippen LogP contribution in [0, 0.1) is 0 Å². The van der Waals surface area contributed by atoms with Gasteiger partial charge in [-0.2, -0.15) is 0 Å². The van der Waals surface area contributed by atoms with Crippen molar-refractivity contribution >= 4 is 28.8 Å². The van der Waals surface area contributed by atoms with Crippen molar-refractivity contribution in [1.82, 2.24) is 9.80 Å². The predicted octanol–water partition coefficient (Wildman–Crippen LogP) is 2.74. The van der Waals surface area contributed by atoms with E-state index in [2.05, 4.69) is 0 Å². The molecule has 0 radical (unpaired) electrons. The first-order valence-electron chi connectivity index (χ1n) is 8.55. The topological polar surface area (TPSA) is 70.1 Å². The van der Waals surface area contributed by atoms with Crippen LogP contribution in [0.4, 0.5) is 0 Å². The van der Waals surface area contributed by atoms with Crippen molar-refractivity contribution in [3.8, 4) is 5.75 Å². The van der Waals surface area contributed by atoms with Crippen LogP contribution in [0.1, 0.15) is 16.5 Å². The van der Waals surface area contributed by atoms with E-state index in [0.29, 0.717) is 24.4 Å². The maximum absolute atomic E-state index is 12.8. The molecule has 0 bridgehead atoms. The van der Waals surface area contributed by atoms with Crippen molar-refractivity contribution in [1.29, 1.82) is 0 Å². The summed E-state index contributed by atoms with van der Waals surface area (Å²) in [5, 5.41) is 12.8. The summed E-state index contributed by atoms with van der Waals surface area (Å²) in [5.41, 5.74) is 0.566. The molecule has 1 aromatic heterocycles. The summed E-state index contributed by atoms with van der Waals surface area (Å²) in [6.07, 6.45) is 0. The molecule has 1 aliphatic heterocycles. The first-order valence-corrected chi connectivity index (χ1v) is 9.43. The molecule has 142 valence electrons. The van der Waals surface area contributed by atoms with Crippen LogP contribution in [0.3, 0.4) is 0 Å². The van der Waals surface area contributed by atoms with Gasteiger partial charge in [0.05, 0.1) is 18.7 Å². The van der Waals surface area contributed by atoms with Crippen molar-refractivity contribution in [2.24, 2.45) is 0 Å². The lowest BCUT2D eigenvalue weighted by molar-refractivity contribution is -0.140. The van der Waals surface area contributed by atoms with Gasteiger partial charge in [0, 0.05) is 23.5 Å². The van der Waals surface area contributed by atoms with Crippen LogP contribution in [0.2, 0.25) is 0 Å². The van der Waals surface area contributed by atoms with Gasteiger partial charge in [-0.05, 0) is 37.7 Å². The van der Waals surface area contributed by atoms with Crippen molar-refractivity contribution < 1.29 is 19.4 Å². The zero-order valence-electron chi connectivity index (χ0n) is 15.5. The lowest BCUT2D eigenvalue weighted by Gasteiger charge is -2.25. The standard InChI is InChI=1S/C20H22N2O4S/c1-21(2)9-10-22-17(15-8-5-11-27-15)16(19(24)20(22)25)18(23)13-6-4-7-14(12-13)26-3/h4-8,11-12,17,23H,9-10H2,1-3H3/t17-/m1/s1. The summed E-state index contributed by atoms with van der Waals surface area (Å²) in [6, 6.07) is 9.99. The minimum Gasteiger partial charge on any atom is -0.507 e. The Balaban J connectivity index is 2.10. The highest BCUT2D eigenvalue weighted by atomic mass is 32.1. The van der Waals surface area contributed by atoms with Gasteiger partial charge in [0.15, 0.2) is 0 Å². The van der Waals surface area contributed by atoms with Crippen molar-refractivity contribution in [3.63, 3.8) is 0 Å². The van der Waals surface area contributed by atoms with Gasteiger partial charge < -0.3 is 19.6 Å². The van der Waals surface area contributed by atoms with E-state index in [1.165, 1.54) is 18.4 Å². The van der Waals surface area contributed by atoms with Gasteiger partial charge in [-0.25, -0.2) is 0 Å². The Hall–Kier alpha value is -2.64. The van der Waals surface area contributed by atoms with Crippen molar-refractivity contribution in [2.75, 3.05) is 34.3 Å². The zero-order valence-corrected chi connectivity index (χ0v) is 16.3. The number of ketones is 1. The molecule has 27 heavy (non-hydrogen) atoms. The molecule has 6 nitrogen and oxygen atoms in total. The fraction of sp³-hybridized carbons (Fsp3) is 0.300. The highest BCUT2D eigenvalue weighted by molar-refractivity contribution is 7.10. The van der Waals surface area contributed by atoms with Gasteiger partial charge in [-0.1, -0.05) is 18.2 Å². The number of ether oxygens (including phenoxy) is 1. The molecule has 1 atom stereocenters. The monoisotopic (exact) mass is 386 g/mol. The van der Waals surface area contributed by atoms with E-state index in [0.717, 1.165) is 4.88 Å². The van der Waals surface area contributed by atoms with E-state index < -0.39 is 17.7 Å². The number of aliphatic hydroxyl groups excluding tert-OH is 1. The average Bonchev–Trinajstić information content (AvgIpc) is 3.27. The third kappa shape index (κ3) is 3.74. The molecular weight excluding hydrogens is 364 g/mol. The second-order valence-corrected chi connectivity index (χ2v) is 7.52. The van der Waals surface area contributed by atoms with Crippen molar-refractivity contribution in [3.05, 3.63) is 57.8 Å². The molecule has 1 N–H and O–H groups in total. The van der Waals surface area contributed by atoms with Crippen LogP contribution in [-0.2, 0) is 9.59 Å². The second kappa shape index (κ2) is 7.94. The molecule has 7 heteroatoms. The van der Waals surface area contributed by atoms with Gasteiger partial charge in [-0.15, -0.1) is 11.3 Å². The molecule has 1 aliphatic rings. The number of Topliss-reactive ketones (excluding diaryl/α,β-unsaturated/α-hetero) is 1. The van der Waals surface area contributed by atoms with Crippen LogP contribution in [-0.4, -0.2) is 60.9 Å². The molecule has 0 unspecified atom stereocenters. The summed E-state index contributed by atoms with van der Waals surface area (Å²) in [5.74, 6) is -0.862. The smallest absolute Gasteiger partial charge is 0.295 e. The minimum absolute atomic E-state index is 0.120. The molecule has 1 fully saturated rings. The number of hydrogen-bond donors (Lipinski definition) is 1. The maximum Gasteiger partial charge on any atom is 0.295 e. The molecule has 1 amide bonds. The van der Waals surface area contributed by atoms with Crippen LogP contribution in [0.15, 0.2) is 47.4 Å². The number of hydrogen-bond acceptors (Lipinski definition) is 6. The lowest BCUT2D eigenvalue weighted by Crippen LogP contribution is -2.35. The first-order chi connectivity index (χ1) is 12.9. The molecule has 3 rings (SSSR count). The Bertz CT molecular complexity index is 874. The fourth-order valence-corrected chi connectivity index (χ4v) is 3.93. The molecule has 2 heterocycles. The largest absolute Gasteiger partial charge is 0.507 e. The number of carbonyl (C=O) groups is 2. The molecule has 1 saturated heterocycles. The number of carbonyl (C=O) groups excluding carboxylic acids is 2. The zero-order chi connectivity index (χ0) is 19.6. The number of benzene rings is 1. The van der Waals surface area contributed by atoms with Crippen LogP contribution in [0.5, 0.6) is 5.75 Å². The molecule has 0 spiro atoms. The van der Waals surface area contributed by atoms with E-state index in [1.807, 2.05) is 36.5 Å². The Morgan fingerprint density at radius 1 is 1.26 bits per heavy atom. The normalized spacial score (nSPS) is 19.1. The quantitative estimate of drug-likeness (QED) is 0.470. The number of amides is 1. The van der Waals surface area contributed by atoms with Crippen molar-refractivity contribution in [2.45, 2.75) is 6.04 Å². The lowest BCUT2D eigenvalue weighted by atomic mass is 10.00. The molecule has 0 saturated carbocycles. The molecule has 1 aromatic carbocycles. The van der Waals surface area contributed by atoms with Crippen LogP contribution < -0.4 is 4.74 Å². The van der Waals surface area contributed by atoms with Gasteiger partial charge >= 0.3 is 0 Å². The first kappa shape index (κ1) is 19.1. The third-order valence-corrected chi connectivity index (χ3v) is 5.41. The number of rotatable bonds is 6. The number of likely N-dealkylation sites (N-methyl/N-ethyl adjacent to an activating group) is 1. The molecule has 2 aromatic rings.